The molecule has 1 fully saturated rings. The van der Waals surface area contributed by atoms with Gasteiger partial charge in [0.2, 0.25) is 10.0 Å². The Morgan fingerprint density at radius 2 is 1.89 bits per heavy atom. The molecular weight excluding hydrogens is 521 g/mol. The highest BCUT2D eigenvalue weighted by molar-refractivity contribution is 7.89. The fourth-order valence-electron chi connectivity index (χ4n) is 4.36. The molecule has 6 nitrogen and oxygen atoms in total. The quantitative estimate of drug-likeness (QED) is 0.376. The van der Waals surface area contributed by atoms with Gasteiger partial charge in [-0.1, -0.05) is 30.0 Å². The Morgan fingerprint density at radius 1 is 1.19 bits per heavy atom. The van der Waals surface area contributed by atoms with E-state index in [2.05, 4.69) is 34.4 Å². The molecule has 4 rings (SSSR count). The Kier molecular flexibility index (Phi) is 8.04. The molecule has 1 atom stereocenters. The molecule has 0 bridgehead atoms. The zero-order chi connectivity index (χ0) is 26.8. The smallest absolute Gasteiger partial charge is 0.381 e. The molecule has 11 heteroatoms. The van der Waals surface area contributed by atoms with Crippen LogP contribution in [-0.2, 0) is 16.4 Å². The van der Waals surface area contributed by atoms with Crippen molar-refractivity contribution in [1.82, 2.24) is 4.90 Å². The lowest BCUT2D eigenvalue weighted by atomic mass is 10.0. The van der Waals surface area contributed by atoms with E-state index in [0.29, 0.717) is 16.0 Å². The van der Waals surface area contributed by atoms with Gasteiger partial charge in [0, 0.05) is 11.7 Å². The van der Waals surface area contributed by atoms with Gasteiger partial charge in [-0.25, -0.2) is 13.6 Å². The van der Waals surface area contributed by atoms with Crippen LogP contribution in [-0.4, -0.2) is 51.7 Å². The SMILES string of the molecule is CC(C#Cc1sc2c(NC3CCN(C)CC3)cccc2c1CC(F)(F)F)Nc1cccc(S(N)(=O)=O)c1. The minimum atomic E-state index is -4.38. The highest BCUT2D eigenvalue weighted by atomic mass is 32.2. The molecule has 0 saturated carbocycles. The third-order valence-corrected chi connectivity index (χ3v) is 8.33. The standard InChI is InChI=1S/C26H29F3N4O2S2/c1-17(31-19-5-3-6-20(15-19)37(30,34)35)9-10-24-22(16-26(27,28)29)21-7-4-8-23(25(21)36-24)32-18-11-13-33(2)14-12-18/h3-8,15,17-18,31-32H,11-14,16H2,1-2H3,(H2,30,34,35). The predicted octanol–water partition coefficient (Wildman–Crippen LogP) is 5.01. The highest BCUT2D eigenvalue weighted by Gasteiger charge is 2.31. The Hall–Kier alpha value is -2.78. The fourth-order valence-corrected chi connectivity index (χ4v) is 6.07. The van der Waals surface area contributed by atoms with Crippen LogP contribution in [0, 0.1) is 11.8 Å². The van der Waals surface area contributed by atoms with Crippen LogP contribution in [0.2, 0.25) is 0 Å². The normalized spacial score (nSPS) is 16.3. The maximum Gasteiger partial charge on any atom is 0.393 e. The number of alkyl halides is 3. The molecule has 37 heavy (non-hydrogen) atoms. The van der Waals surface area contributed by atoms with Crippen LogP contribution >= 0.6 is 11.3 Å². The number of nitrogens with two attached hydrogens (primary N) is 1. The summed E-state index contributed by atoms with van der Waals surface area (Å²) in [5.74, 6) is 5.93. The van der Waals surface area contributed by atoms with Crippen LogP contribution in [0.15, 0.2) is 47.4 Å². The lowest BCUT2D eigenvalue weighted by molar-refractivity contribution is -0.126. The first-order valence-corrected chi connectivity index (χ1v) is 14.2. The van der Waals surface area contributed by atoms with Crippen molar-refractivity contribution in [3.63, 3.8) is 0 Å². The molecule has 0 aliphatic carbocycles. The number of primary sulfonamides is 1. The Labute approximate surface area is 219 Å². The molecule has 2 aromatic carbocycles. The van der Waals surface area contributed by atoms with Gasteiger partial charge in [-0.3, -0.25) is 0 Å². The van der Waals surface area contributed by atoms with Crippen LogP contribution < -0.4 is 15.8 Å². The lowest BCUT2D eigenvalue weighted by Gasteiger charge is -2.30. The van der Waals surface area contributed by atoms with Gasteiger partial charge in [-0.2, -0.15) is 13.2 Å². The third-order valence-electron chi connectivity index (χ3n) is 6.22. The molecule has 1 unspecified atom stereocenters. The fraction of sp³-hybridized carbons (Fsp3) is 0.385. The largest absolute Gasteiger partial charge is 0.393 e. The number of thiophene rings is 1. The molecule has 4 N–H and O–H groups in total. The molecule has 0 spiro atoms. The van der Waals surface area contributed by atoms with Gasteiger partial charge in [-0.15, -0.1) is 11.3 Å². The minimum absolute atomic E-state index is 0.0423. The van der Waals surface area contributed by atoms with Crippen LogP contribution in [0.5, 0.6) is 0 Å². The van der Waals surface area contributed by atoms with Crippen molar-refractivity contribution in [1.29, 1.82) is 0 Å². The average Bonchev–Trinajstić information content (AvgIpc) is 3.16. The second-order valence-electron chi connectivity index (χ2n) is 9.31. The van der Waals surface area contributed by atoms with E-state index in [1.54, 1.807) is 31.2 Å². The third kappa shape index (κ3) is 7.17. The first kappa shape index (κ1) is 27.3. The van der Waals surface area contributed by atoms with Gasteiger partial charge >= 0.3 is 6.18 Å². The molecule has 0 radical (unpaired) electrons. The zero-order valence-electron chi connectivity index (χ0n) is 20.5. The second-order valence-corrected chi connectivity index (χ2v) is 11.9. The van der Waals surface area contributed by atoms with E-state index in [-0.39, 0.29) is 16.5 Å². The summed E-state index contributed by atoms with van der Waals surface area (Å²) in [6.07, 6.45) is -3.50. The molecule has 3 aromatic rings. The van der Waals surface area contributed by atoms with Crippen molar-refractivity contribution in [2.45, 2.75) is 49.3 Å². The maximum atomic E-state index is 13.5. The molecule has 0 amide bonds. The summed E-state index contributed by atoms with van der Waals surface area (Å²) >= 11 is 1.26. The molecule has 1 aromatic heterocycles. The molecule has 198 valence electrons. The Balaban J connectivity index is 1.63. The van der Waals surface area contributed by atoms with E-state index >= 15 is 0 Å². The average molecular weight is 551 g/mol. The number of anilines is 2. The number of fused-ring (bicyclic) bond motifs is 1. The monoisotopic (exact) mass is 550 g/mol. The van der Waals surface area contributed by atoms with Crippen LogP contribution in [0.25, 0.3) is 10.1 Å². The van der Waals surface area contributed by atoms with Crippen molar-refractivity contribution in [2.24, 2.45) is 5.14 Å². The minimum Gasteiger partial charge on any atom is -0.381 e. The molecule has 1 aliphatic heterocycles. The van der Waals surface area contributed by atoms with Crippen molar-refractivity contribution in [3.8, 4) is 11.8 Å². The Bertz CT molecular complexity index is 1430. The van der Waals surface area contributed by atoms with Gasteiger partial charge in [0.25, 0.3) is 0 Å². The molecule has 1 aliphatic rings. The summed E-state index contributed by atoms with van der Waals surface area (Å²) in [5, 5.41) is 12.4. The molecular formula is C26H29F3N4O2S2. The number of likely N-dealkylation sites (tertiary alicyclic amines) is 1. The van der Waals surface area contributed by atoms with Crippen molar-refractivity contribution in [3.05, 3.63) is 52.9 Å². The topological polar surface area (TPSA) is 87.5 Å². The van der Waals surface area contributed by atoms with E-state index in [0.717, 1.165) is 36.3 Å². The Morgan fingerprint density at radius 3 is 2.57 bits per heavy atom. The number of rotatable bonds is 6. The van der Waals surface area contributed by atoms with E-state index in [1.807, 2.05) is 6.07 Å². The molecule has 2 heterocycles. The van der Waals surface area contributed by atoms with E-state index in [1.165, 1.54) is 23.5 Å². The van der Waals surface area contributed by atoms with Gasteiger partial charge in [0.05, 0.1) is 32.6 Å². The van der Waals surface area contributed by atoms with E-state index < -0.39 is 28.7 Å². The number of sulfonamides is 1. The summed E-state index contributed by atoms with van der Waals surface area (Å²) in [4.78, 5) is 2.59. The van der Waals surface area contributed by atoms with E-state index in [9.17, 15) is 21.6 Å². The number of benzene rings is 2. The van der Waals surface area contributed by atoms with Gasteiger partial charge < -0.3 is 15.5 Å². The summed E-state index contributed by atoms with van der Waals surface area (Å²) in [7, 11) is -1.78. The number of piperidine rings is 1. The first-order valence-electron chi connectivity index (χ1n) is 11.9. The van der Waals surface area contributed by atoms with Crippen LogP contribution in [0.3, 0.4) is 0 Å². The van der Waals surface area contributed by atoms with Crippen molar-refractivity contribution >= 4 is 42.8 Å². The van der Waals surface area contributed by atoms with Gasteiger partial charge in [0.1, 0.15) is 0 Å². The van der Waals surface area contributed by atoms with Crippen LogP contribution in [0.1, 0.15) is 30.2 Å². The van der Waals surface area contributed by atoms with Gasteiger partial charge in [-0.05, 0) is 75.1 Å². The number of hydrogen-bond donors (Lipinski definition) is 3. The maximum absolute atomic E-state index is 13.5. The summed E-state index contributed by atoms with van der Waals surface area (Å²) in [6, 6.07) is 11.2. The van der Waals surface area contributed by atoms with Crippen molar-refractivity contribution in [2.75, 3.05) is 30.8 Å². The first-order chi connectivity index (χ1) is 17.4. The number of nitrogens with zero attached hydrogens (tertiary/aromatic N) is 1. The van der Waals surface area contributed by atoms with E-state index in [4.69, 9.17) is 5.14 Å². The summed E-state index contributed by atoms with van der Waals surface area (Å²) in [5.41, 5.74) is 1.50. The van der Waals surface area contributed by atoms with Crippen LogP contribution in [0.4, 0.5) is 24.5 Å². The zero-order valence-corrected chi connectivity index (χ0v) is 22.2. The summed E-state index contributed by atoms with van der Waals surface area (Å²) in [6.45, 7) is 3.69. The van der Waals surface area contributed by atoms with Crippen molar-refractivity contribution < 1.29 is 21.6 Å². The number of halogens is 3. The van der Waals surface area contributed by atoms with Gasteiger partial charge in [0.15, 0.2) is 0 Å². The number of nitrogens with one attached hydrogen (secondary N) is 2. The second kappa shape index (κ2) is 10.9. The highest BCUT2D eigenvalue weighted by Crippen LogP contribution is 2.39. The summed E-state index contributed by atoms with van der Waals surface area (Å²) < 4.78 is 64.6. The lowest BCUT2D eigenvalue weighted by Crippen LogP contribution is -2.36. The predicted molar refractivity (Wildman–Crippen MR) is 144 cm³/mol. The molecule has 1 saturated heterocycles. The number of hydrogen-bond acceptors (Lipinski definition) is 6.